The van der Waals surface area contributed by atoms with Gasteiger partial charge in [0.1, 0.15) is 0 Å². The zero-order valence-corrected chi connectivity index (χ0v) is 17.1. The summed E-state index contributed by atoms with van der Waals surface area (Å²) >= 11 is 0. The van der Waals surface area contributed by atoms with Gasteiger partial charge in [0.2, 0.25) is 0 Å². The quantitative estimate of drug-likeness (QED) is 0.507. The molecule has 0 fully saturated rings. The zero-order chi connectivity index (χ0) is 18.6. The van der Waals surface area contributed by atoms with Gasteiger partial charge >= 0.3 is 0 Å². The SMILES string of the molecule is COc1cc2c3ccc4c(c3c(=O)n(C)c2cc1OC)C[Si](C)(C)CC4. The third kappa shape index (κ3) is 2.45. The number of rotatable bonds is 2. The van der Waals surface area contributed by atoms with Crippen LogP contribution in [-0.4, -0.2) is 26.9 Å². The summed E-state index contributed by atoms with van der Waals surface area (Å²) in [5, 5.41) is 2.95. The van der Waals surface area contributed by atoms with Crippen LogP contribution in [0.1, 0.15) is 11.1 Å². The van der Waals surface area contributed by atoms with Gasteiger partial charge in [-0.05, 0) is 35.0 Å². The van der Waals surface area contributed by atoms with Crippen LogP contribution in [0.3, 0.4) is 0 Å². The van der Waals surface area contributed by atoms with E-state index in [0.29, 0.717) is 11.5 Å². The molecule has 5 heteroatoms. The van der Waals surface area contributed by atoms with Crippen molar-refractivity contribution < 1.29 is 9.47 Å². The molecule has 1 aliphatic heterocycles. The minimum absolute atomic E-state index is 0.0864. The highest BCUT2D eigenvalue weighted by atomic mass is 28.3. The molecule has 3 aromatic rings. The molecule has 0 atom stereocenters. The zero-order valence-electron chi connectivity index (χ0n) is 16.1. The molecule has 0 N–H and O–H groups in total. The van der Waals surface area contributed by atoms with E-state index in [1.807, 2.05) is 19.2 Å². The first-order chi connectivity index (χ1) is 12.4. The molecule has 2 heterocycles. The fourth-order valence-corrected chi connectivity index (χ4v) is 6.76. The Morgan fingerprint density at radius 3 is 2.42 bits per heavy atom. The standard InChI is InChI=1S/C21H25NO3Si/c1-22-17-11-19(25-3)18(24-2)10-15(17)14-7-6-13-8-9-26(4,5)12-16(13)20(14)21(22)23/h6-7,10-11H,8-9,12H2,1-5H3. The first-order valence-electron chi connectivity index (χ1n) is 9.05. The van der Waals surface area contributed by atoms with Crippen molar-refractivity contribution in [1.29, 1.82) is 0 Å². The second-order valence-electron chi connectivity index (χ2n) is 8.06. The predicted octanol–water partition coefficient (Wildman–Crippen LogP) is 4.06. The van der Waals surface area contributed by atoms with E-state index in [-0.39, 0.29) is 5.56 Å². The van der Waals surface area contributed by atoms with Gasteiger partial charge in [-0.25, -0.2) is 0 Å². The molecule has 1 aromatic heterocycles. The Morgan fingerprint density at radius 1 is 1.04 bits per heavy atom. The summed E-state index contributed by atoms with van der Waals surface area (Å²) in [7, 11) is 3.82. The topological polar surface area (TPSA) is 40.5 Å². The maximum atomic E-state index is 13.3. The molecule has 0 bridgehead atoms. The van der Waals surface area contributed by atoms with Crippen LogP contribution in [0, 0.1) is 0 Å². The van der Waals surface area contributed by atoms with E-state index in [9.17, 15) is 4.79 Å². The van der Waals surface area contributed by atoms with E-state index in [0.717, 1.165) is 34.1 Å². The van der Waals surface area contributed by atoms with E-state index in [1.165, 1.54) is 17.2 Å². The summed E-state index contributed by atoms with van der Waals surface area (Å²) < 4.78 is 12.7. The van der Waals surface area contributed by atoms with Gasteiger partial charge in [-0.3, -0.25) is 4.79 Å². The van der Waals surface area contributed by atoms with Gasteiger partial charge in [0.05, 0.1) is 33.2 Å². The van der Waals surface area contributed by atoms with Gasteiger partial charge in [-0.15, -0.1) is 0 Å². The number of nitrogens with zero attached hydrogens (tertiary/aromatic N) is 1. The normalized spacial score (nSPS) is 15.9. The van der Waals surface area contributed by atoms with E-state index in [4.69, 9.17) is 9.47 Å². The highest BCUT2D eigenvalue weighted by Crippen LogP contribution is 2.38. The number of aryl methyl sites for hydroxylation is 2. The molecule has 2 aromatic carbocycles. The third-order valence-electron chi connectivity index (χ3n) is 5.81. The van der Waals surface area contributed by atoms with E-state index in [2.05, 4.69) is 25.2 Å². The molecule has 0 unspecified atom stereocenters. The fraction of sp³-hybridized carbons (Fsp3) is 0.381. The third-order valence-corrected chi connectivity index (χ3v) is 8.72. The molecule has 4 nitrogen and oxygen atoms in total. The minimum Gasteiger partial charge on any atom is -0.493 e. The Kier molecular flexibility index (Phi) is 3.88. The predicted molar refractivity (Wildman–Crippen MR) is 109 cm³/mol. The Balaban J connectivity index is 2.16. The number of hydrogen-bond acceptors (Lipinski definition) is 3. The van der Waals surface area contributed by atoms with Crippen LogP contribution in [0.15, 0.2) is 29.1 Å². The lowest BCUT2D eigenvalue weighted by atomic mass is 9.96. The number of benzene rings is 2. The molecule has 0 saturated carbocycles. The van der Waals surface area contributed by atoms with Crippen molar-refractivity contribution in [3.05, 3.63) is 45.7 Å². The Morgan fingerprint density at radius 2 is 1.73 bits per heavy atom. The number of hydrogen-bond donors (Lipinski definition) is 0. The molecule has 136 valence electrons. The van der Waals surface area contributed by atoms with Crippen LogP contribution in [-0.2, 0) is 19.5 Å². The number of ether oxygens (including phenoxy) is 2. The second kappa shape index (κ2) is 5.88. The van der Waals surface area contributed by atoms with Gasteiger partial charge in [0.25, 0.3) is 5.56 Å². The highest BCUT2D eigenvalue weighted by Gasteiger charge is 2.29. The van der Waals surface area contributed by atoms with Crippen molar-refractivity contribution in [2.75, 3.05) is 14.2 Å². The summed E-state index contributed by atoms with van der Waals surface area (Å²) in [5.41, 5.74) is 3.58. The van der Waals surface area contributed by atoms with Gasteiger partial charge in [0.15, 0.2) is 11.5 Å². The van der Waals surface area contributed by atoms with Crippen molar-refractivity contribution in [2.45, 2.75) is 31.6 Å². The maximum Gasteiger partial charge on any atom is 0.258 e. The molecule has 0 amide bonds. The monoisotopic (exact) mass is 367 g/mol. The van der Waals surface area contributed by atoms with Gasteiger partial charge in [-0.1, -0.05) is 31.3 Å². The summed E-state index contributed by atoms with van der Waals surface area (Å²) in [4.78, 5) is 13.3. The van der Waals surface area contributed by atoms with Gasteiger partial charge < -0.3 is 14.0 Å². The van der Waals surface area contributed by atoms with E-state index in [1.54, 1.807) is 18.8 Å². The Labute approximate surface area is 154 Å². The minimum atomic E-state index is -1.29. The molecule has 0 spiro atoms. The molecule has 0 saturated heterocycles. The lowest BCUT2D eigenvalue weighted by molar-refractivity contribution is 0.355. The van der Waals surface area contributed by atoms with E-state index < -0.39 is 8.07 Å². The summed E-state index contributed by atoms with van der Waals surface area (Å²) in [5.74, 6) is 1.33. The number of aromatic nitrogens is 1. The van der Waals surface area contributed by atoms with Crippen LogP contribution in [0.5, 0.6) is 11.5 Å². The van der Waals surface area contributed by atoms with E-state index >= 15 is 0 Å². The largest absolute Gasteiger partial charge is 0.493 e. The van der Waals surface area contributed by atoms with Crippen LogP contribution in [0.4, 0.5) is 0 Å². The molecule has 1 aliphatic rings. The maximum absolute atomic E-state index is 13.3. The fourth-order valence-electron chi connectivity index (χ4n) is 4.27. The molecular formula is C21H25NO3Si. The molecule has 0 aliphatic carbocycles. The van der Waals surface area contributed by atoms with Gasteiger partial charge in [-0.2, -0.15) is 0 Å². The Bertz CT molecular complexity index is 1100. The summed E-state index contributed by atoms with van der Waals surface area (Å²) in [6, 6.07) is 10.6. The smallest absolute Gasteiger partial charge is 0.258 e. The van der Waals surface area contributed by atoms with Crippen LogP contribution >= 0.6 is 0 Å². The lowest BCUT2D eigenvalue weighted by Gasteiger charge is -2.30. The van der Waals surface area contributed by atoms with Crippen LogP contribution < -0.4 is 15.0 Å². The van der Waals surface area contributed by atoms with Crippen molar-refractivity contribution >= 4 is 29.7 Å². The van der Waals surface area contributed by atoms with Crippen molar-refractivity contribution in [3.8, 4) is 11.5 Å². The lowest BCUT2D eigenvalue weighted by Crippen LogP contribution is -2.35. The number of methoxy groups -OCH3 is 2. The Hall–Kier alpha value is -2.27. The summed E-state index contributed by atoms with van der Waals surface area (Å²) in [6.07, 6.45) is 1.09. The first kappa shape index (κ1) is 17.2. The highest BCUT2D eigenvalue weighted by molar-refractivity contribution is 6.77. The first-order valence-corrected chi connectivity index (χ1v) is 12.5. The second-order valence-corrected chi connectivity index (χ2v) is 13.2. The van der Waals surface area contributed by atoms with Crippen LogP contribution in [0.25, 0.3) is 21.7 Å². The molecule has 0 radical (unpaired) electrons. The van der Waals surface area contributed by atoms with Crippen molar-refractivity contribution in [2.24, 2.45) is 7.05 Å². The molecule has 4 rings (SSSR count). The van der Waals surface area contributed by atoms with Crippen molar-refractivity contribution in [1.82, 2.24) is 4.57 Å². The molecule has 26 heavy (non-hydrogen) atoms. The van der Waals surface area contributed by atoms with Gasteiger partial charge in [0, 0.05) is 18.5 Å². The number of pyridine rings is 1. The van der Waals surface area contributed by atoms with Crippen LogP contribution in [0.2, 0.25) is 19.1 Å². The molecular weight excluding hydrogens is 342 g/mol. The average Bonchev–Trinajstić information content (AvgIpc) is 2.63. The number of fused-ring (bicyclic) bond motifs is 5. The average molecular weight is 368 g/mol. The van der Waals surface area contributed by atoms with Crippen molar-refractivity contribution in [3.63, 3.8) is 0 Å². The summed E-state index contributed by atoms with van der Waals surface area (Å²) in [6.45, 7) is 4.85.